The lowest BCUT2D eigenvalue weighted by molar-refractivity contribution is -0.513. The normalized spacial score (nSPS) is 35.4. The number of nitrogens with zero attached hydrogens (tertiary/aromatic N) is 2. The van der Waals surface area contributed by atoms with Gasteiger partial charge in [0.15, 0.2) is 0 Å². The lowest BCUT2D eigenvalue weighted by atomic mass is 9.71. The third kappa shape index (κ3) is 2.88. The van der Waals surface area contributed by atoms with Gasteiger partial charge < -0.3 is 10.2 Å². The van der Waals surface area contributed by atoms with Crippen LogP contribution in [0.3, 0.4) is 0 Å². The molecule has 4 nitrogen and oxygen atoms in total. The third-order valence-corrected chi connectivity index (χ3v) is 8.06. The Morgan fingerprint density at radius 2 is 1.83 bits per heavy atom. The Morgan fingerprint density at radius 3 is 2.59 bits per heavy atom. The molecule has 0 saturated carbocycles. The summed E-state index contributed by atoms with van der Waals surface area (Å²) in [4.78, 5) is 16.2. The number of nitroso groups, excluding NO2 is 1. The molecule has 5 heterocycles. The summed E-state index contributed by atoms with van der Waals surface area (Å²) in [6.07, 6.45) is 4.61. The van der Waals surface area contributed by atoms with Crippen LogP contribution in [0.4, 0.5) is 5.69 Å². The molecule has 4 heteroatoms. The molecule has 4 atom stereocenters. The number of fused-ring (bicyclic) bond motifs is 3. The zero-order valence-electron chi connectivity index (χ0n) is 17.0. The zero-order valence-corrected chi connectivity index (χ0v) is 17.0. The summed E-state index contributed by atoms with van der Waals surface area (Å²) in [6, 6.07) is 17.6. The Labute approximate surface area is 172 Å². The minimum Gasteiger partial charge on any atom is -0.310 e. The summed E-state index contributed by atoms with van der Waals surface area (Å²) >= 11 is 0. The summed E-state index contributed by atoms with van der Waals surface area (Å²) in [5.74, 6) is 1.62. The molecule has 0 radical (unpaired) electrons. The molecule has 0 aromatic heterocycles. The third-order valence-electron chi connectivity index (χ3n) is 8.06. The smallest absolute Gasteiger partial charge is 0.260 e. The second-order valence-corrected chi connectivity index (χ2v) is 9.49. The van der Waals surface area contributed by atoms with Gasteiger partial charge in [-0.05, 0) is 62.4 Å². The predicted molar refractivity (Wildman–Crippen MR) is 114 cm³/mol. The van der Waals surface area contributed by atoms with Crippen molar-refractivity contribution in [2.45, 2.75) is 43.7 Å². The van der Waals surface area contributed by atoms with E-state index >= 15 is 0 Å². The van der Waals surface area contributed by atoms with Gasteiger partial charge in [-0.3, -0.25) is 0 Å². The van der Waals surface area contributed by atoms with Crippen LogP contribution in [-0.2, 0) is 6.42 Å². The van der Waals surface area contributed by atoms with Crippen molar-refractivity contribution >= 4 is 5.69 Å². The highest BCUT2D eigenvalue weighted by molar-refractivity contribution is 5.53. The van der Waals surface area contributed by atoms with Crippen LogP contribution in [0.25, 0.3) is 0 Å². The van der Waals surface area contributed by atoms with E-state index in [1.165, 1.54) is 47.4 Å². The molecule has 5 aliphatic rings. The highest BCUT2D eigenvalue weighted by Gasteiger charge is 2.56. The zero-order chi connectivity index (χ0) is 19.4. The van der Waals surface area contributed by atoms with E-state index in [-0.39, 0.29) is 12.1 Å². The molecular formula is C25H30N3O+. The molecule has 1 N–H and O–H groups in total. The molecule has 3 unspecified atom stereocenters. The summed E-state index contributed by atoms with van der Waals surface area (Å²) in [5, 5.41) is 3.82. The van der Waals surface area contributed by atoms with Crippen molar-refractivity contribution < 1.29 is 4.76 Å². The number of hydrogen-bond donors (Lipinski definition) is 1. The number of rotatable bonds is 3. The Balaban J connectivity index is 1.37. The lowest BCUT2D eigenvalue weighted by Crippen LogP contribution is -2.53. The van der Waals surface area contributed by atoms with E-state index in [9.17, 15) is 4.91 Å². The molecule has 2 aromatic carbocycles. The van der Waals surface area contributed by atoms with E-state index in [4.69, 9.17) is 0 Å². The van der Waals surface area contributed by atoms with E-state index in [1.54, 1.807) is 0 Å². The molecular weight excluding hydrogens is 358 g/mol. The van der Waals surface area contributed by atoms with Crippen LogP contribution in [0.2, 0.25) is 0 Å². The fraction of sp³-hybridized carbons (Fsp3) is 0.520. The Hall–Kier alpha value is -2.04. The second-order valence-electron chi connectivity index (χ2n) is 9.49. The van der Waals surface area contributed by atoms with Gasteiger partial charge in [-0.2, -0.15) is 0 Å². The number of hydrogen-bond acceptors (Lipinski definition) is 3. The SMILES string of the molecule is O=[N+]1c2cccc3c2C(CCNC3Cc2ccccc2)[C@@H]1C1CN2CCC1CC2. The van der Waals surface area contributed by atoms with Crippen LogP contribution < -0.4 is 5.32 Å². The van der Waals surface area contributed by atoms with Gasteiger partial charge in [-0.25, -0.2) is 0 Å². The average Bonchev–Trinajstić information content (AvgIpc) is 2.94. The second kappa shape index (κ2) is 7.03. The first-order chi connectivity index (χ1) is 14.3. The molecule has 2 bridgehead atoms. The van der Waals surface area contributed by atoms with Crippen molar-refractivity contribution in [1.29, 1.82) is 0 Å². The molecule has 0 amide bonds. The Kier molecular flexibility index (Phi) is 4.31. The highest BCUT2D eigenvalue weighted by Crippen LogP contribution is 2.51. The number of nitrogens with one attached hydrogen (secondary N) is 1. The van der Waals surface area contributed by atoms with Crippen molar-refractivity contribution in [3.05, 3.63) is 70.1 Å². The molecule has 150 valence electrons. The fourth-order valence-electron chi connectivity index (χ4n) is 6.71. The van der Waals surface area contributed by atoms with Crippen LogP contribution in [0.15, 0.2) is 48.5 Å². The van der Waals surface area contributed by atoms with Crippen molar-refractivity contribution in [3.63, 3.8) is 0 Å². The summed E-state index contributed by atoms with van der Waals surface area (Å²) in [6.45, 7) is 4.57. The minimum absolute atomic E-state index is 0.122. The van der Waals surface area contributed by atoms with Crippen LogP contribution in [-0.4, -0.2) is 41.9 Å². The summed E-state index contributed by atoms with van der Waals surface area (Å²) in [5.41, 5.74) is 5.02. The van der Waals surface area contributed by atoms with Crippen molar-refractivity contribution in [3.8, 4) is 0 Å². The number of benzene rings is 2. The van der Waals surface area contributed by atoms with Crippen LogP contribution in [0.5, 0.6) is 0 Å². The first kappa shape index (κ1) is 17.8. The average molecular weight is 389 g/mol. The molecule has 2 aromatic rings. The largest absolute Gasteiger partial charge is 0.310 e. The van der Waals surface area contributed by atoms with Gasteiger partial charge in [0.05, 0.1) is 5.92 Å². The van der Waals surface area contributed by atoms with Crippen molar-refractivity contribution in [2.24, 2.45) is 11.8 Å². The monoisotopic (exact) mass is 388 g/mol. The maximum Gasteiger partial charge on any atom is 0.260 e. The van der Waals surface area contributed by atoms with Gasteiger partial charge in [0, 0.05) is 39.8 Å². The highest BCUT2D eigenvalue weighted by atomic mass is 16.3. The standard InChI is InChI=1S/C25H30N3O/c29-28-23-8-4-7-19-22(15-17-5-2-1-3-6-17)26-12-9-20(24(19)23)25(28)21-16-27-13-10-18(21)11-14-27/h1-8,18,20-22,25-26H,9-16H2/q+1/t20?,21?,22?,25-/m1/s1. The molecule has 5 aliphatic heterocycles. The summed E-state index contributed by atoms with van der Waals surface area (Å²) < 4.78 is 1.43. The Bertz CT molecular complexity index is 919. The van der Waals surface area contributed by atoms with Gasteiger partial charge in [-0.1, -0.05) is 42.5 Å². The molecule has 3 fully saturated rings. The molecule has 0 aliphatic carbocycles. The van der Waals surface area contributed by atoms with Crippen molar-refractivity contribution in [2.75, 3.05) is 26.2 Å². The quantitative estimate of drug-likeness (QED) is 0.801. The fourth-order valence-corrected chi connectivity index (χ4v) is 6.71. The van der Waals surface area contributed by atoms with Gasteiger partial charge in [0.1, 0.15) is 0 Å². The van der Waals surface area contributed by atoms with Crippen molar-refractivity contribution in [1.82, 2.24) is 10.2 Å². The van der Waals surface area contributed by atoms with Gasteiger partial charge in [0.2, 0.25) is 6.04 Å². The molecule has 7 rings (SSSR count). The first-order valence-electron chi connectivity index (χ1n) is 11.4. The van der Waals surface area contributed by atoms with Gasteiger partial charge >= 0.3 is 0 Å². The van der Waals surface area contributed by atoms with Gasteiger partial charge in [-0.15, -0.1) is 0 Å². The maximum absolute atomic E-state index is 13.6. The van der Waals surface area contributed by atoms with E-state index in [1.807, 2.05) is 0 Å². The topological polar surface area (TPSA) is 35.4 Å². The maximum atomic E-state index is 13.6. The molecule has 3 saturated heterocycles. The summed E-state index contributed by atoms with van der Waals surface area (Å²) in [7, 11) is 0. The van der Waals surface area contributed by atoms with Gasteiger partial charge in [0.25, 0.3) is 5.69 Å². The van der Waals surface area contributed by atoms with E-state index in [0.717, 1.165) is 37.5 Å². The van der Waals surface area contributed by atoms with Crippen LogP contribution >= 0.6 is 0 Å². The number of piperidine rings is 3. The van der Waals surface area contributed by atoms with E-state index in [2.05, 4.69) is 58.7 Å². The van der Waals surface area contributed by atoms with Crippen LogP contribution in [0, 0.1) is 16.7 Å². The Morgan fingerprint density at radius 1 is 1.00 bits per heavy atom. The van der Waals surface area contributed by atoms with E-state index < -0.39 is 0 Å². The molecule has 29 heavy (non-hydrogen) atoms. The van der Waals surface area contributed by atoms with Crippen LogP contribution in [0.1, 0.15) is 47.9 Å². The lowest BCUT2D eigenvalue weighted by Gasteiger charge is -2.45. The molecule has 0 spiro atoms. The van der Waals surface area contributed by atoms with E-state index in [0.29, 0.717) is 11.8 Å². The minimum atomic E-state index is 0.122. The first-order valence-corrected chi connectivity index (χ1v) is 11.4. The predicted octanol–water partition coefficient (Wildman–Crippen LogP) is 4.18.